The number of carbonyl (C=O) groups excluding carboxylic acids is 2. The van der Waals surface area contributed by atoms with Crippen LogP contribution in [0.3, 0.4) is 0 Å². The number of nitrogens with one attached hydrogen (secondary N) is 1. The number of aryl methyl sites for hydroxylation is 2. The van der Waals surface area contributed by atoms with E-state index in [0.717, 1.165) is 11.4 Å². The van der Waals surface area contributed by atoms with E-state index in [4.69, 9.17) is 0 Å². The minimum atomic E-state index is -0.358. The van der Waals surface area contributed by atoms with E-state index in [1.807, 2.05) is 36.9 Å². The molecule has 0 saturated heterocycles. The van der Waals surface area contributed by atoms with Crippen LogP contribution in [0.25, 0.3) is 5.78 Å². The second-order valence-corrected chi connectivity index (χ2v) is 7.06. The van der Waals surface area contributed by atoms with Crippen LogP contribution in [0.1, 0.15) is 46.0 Å². The summed E-state index contributed by atoms with van der Waals surface area (Å²) in [5.41, 5.74) is 4.11. The van der Waals surface area contributed by atoms with Crippen molar-refractivity contribution in [3.63, 3.8) is 0 Å². The number of rotatable bonds is 5. The topological polar surface area (TPSA) is 92.5 Å². The molecular formula is C20H22N6O2. The Labute approximate surface area is 162 Å². The largest absolute Gasteiger partial charge is 0.349 e. The molecule has 3 aromatic rings. The number of hydrogen-bond donors (Lipinski definition) is 1. The molecule has 0 fully saturated rings. The third-order valence-electron chi connectivity index (χ3n) is 4.87. The summed E-state index contributed by atoms with van der Waals surface area (Å²) in [6.07, 6.45) is 0.966. The van der Waals surface area contributed by atoms with Gasteiger partial charge in [-0.25, -0.2) is 9.50 Å². The Morgan fingerprint density at radius 3 is 2.54 bits per heavy atom. The fourth-order valence-electron chi connectivity index (χ4n) is 3.45. The Kier molecular flexibility index (Phi) is 4.77. The van der Waals surface area contributed by atoms with Gasteiger partial charge in [-0.15, -0.1) is 5.10 Å². The second kappa shape index (κ2) is 7.38. The molecule has 1 aliphatic rings. The summed E-state index contributed by atoms with van der Waals surface area (Å²) in [6, 6.07) is 9.99. The third-order valence-corrected chi connectivity index (χ3v) is 4.87. The summed E-state index contributed by atoms with van der Waals surface area (Å²) < 4.78 is 1.55. The highest BCUT2D eigenvalue weighted by Gasteiger charge is 2.22. The Bertz CT molecular complexity index is 1030. The molecule has 1 aliphatic heterocycles. The van der Waals surface area contributed by atoms with Gasteiger partial charge in [0.05, 0.1) is 0 Å². The zero-order valence-corrected chi connectivity index (χ0v) is 16.0. The quantitative estimate of drug-likeness (QED) is 0.684. The van der Waals surface area contributed by atoms with E-state index in [2.05, 4.69) is 32.5 Å². The molecule has 0 spiro atoms. The molecule has 4 rings (SSSR count). The Morgan fingerprint density at radius 1 is 1.11 bits per heavy atom. The second-order valence-electron chi connectivity index (χ2n) is 7.06. The lowest BCUT2D eigenvalue weighted by Crippen LogP contribution is -2.29. The monoisotopic (exact) mass is 378 g/mol. The van der Waals surface area contributed by atoms with Crippen LogP contribution in [0.5, 0.6) is 0 Å². The summed E-state index contributed by atoms with van der Waals surface area (Å²) in [4.78, 5) is 35.0. The molecule has 8 heteroatoms. The molecule has 0 unspecified atom stereocenters. The van der Waals surface area contributed by atoms with Crippen molar-refractivity contribution in [3.8, 4) is 0 Å². The van der Waals surface area contributed by atoms with Crippen LogP contribution < -0.4 is 5.32 Å². The summed E-state index contributed by atoms with van der Waals surface area (Å²) in [5, 5.41) is 6.99. The first-order valence-corrected chi connectivity index (χ1v) is 9.35. The lowest BCUT2D eigenvalue weighted by atomic mass is 10.1. The van der Waals surface area contributed by atoms with Crippen molar-refractivity contribution in [2.45, 2.75) is 39.8 Å². The Balaban J connectivity index is 1.27. The number of fused-ring (bicyclic) bond motifs is 2. The summed E-state index contributed by atoms with van der Waals surface area (Å²) in [7, 11) is 0. The lowest BCUT2D eigenvalue weighted by molar-refractivity contribution is -0.131. The van der Waals surface area contributed by atoms with Crippen molar-refractivity contribution < 1.29 is 9.59 Å². The van der Waals surface area contributed by atoms with Crippen LogP contribution in [0.2, 0.25) is 0 Å². The van der Waals surface area contributed by atoms with Crippen LogP contribution >= 0.6 is 0 Å². The van der Waals surface area contributed by atoms with E-state index in [1.165, 1.54) is 11.1 Å². The van der Waals surface area contributed by atoms with Gasteiger partial charge < -0.3 is 10.2 Å². The first-order valence-electron chi connectivity index (χ1n) is 9.35. The van der Waals surface area contributed by atoms with E-state index >= 15 is 0 Å². The lowest BCUT2D eigenvalue weighted by Gasteiger charge is -2.15. The Hall–Kier alpha value is -3.29. The SMILES string of the molecule is Cc1cc(C)n2nc(C(=O)NCCCC(=O)N3Cc4ccccc4C3)nc2n1. The van der Waals surface area contributed by atoms with Crippen LogP contribution in [-0.2, 0) is 17.9 Å². The molecule has 2 aromatic heterocycles. The molecule has 28 heavy (non-hydrogen) atoms. The smallest absolute Gasteiger partial charge is 0.291 e. The average molecular weight is 378 g/mol. The number of hydrogen-bond acceptors (Lipinski definition) is 5. The van der Waals surface area contributed by atoms with Gasteiger partial charge in [0.25, 0.3) is 11.7 Å². The molecule has 144 valence electrons. The number of nitrogens with zero attached hydrogens (tertiary/aromatic N) is 5. The van der Waals surface area contributed by atoms with Gasteiger partial charge in [-0.1, -0.05) is 24.3 Å². The van der Waals surface area contributed by atoms with E-state index in [9.17, 15) is 9.59 Å². The van der Waals surface area contributed by atoms with Crippen molar-refractivity contribution in [1.29, 1.82) is 0 Å². The van der Waals surface area contributed by atoms with Gasteiger partial charge in [0, 0.05) is 37.4 Å². The van der Waals surface area contributed by atoms with Crippen LogP contribution in [0.15, 0.2) is 30.3 Å². The highest BCUT2D eigenvalue weighted by Crippen LogP contribution is 2.22. The molecule has 1 aromatic carbocycles. The third kappa shape index (κ3) is 3.58. The molecule has 0 atom stereocenters. The maximum absolute atomic E-state index is 12.4. The number of carbonyl (C=O) groups is 2. The molecule has 3 heterocycles. The number of benzene rings is 1. The normalized spacial score (nSPS) is 13.0. The first kappa shape index (κ1) is 18.1. The van der Waals surface area contributed by atoms with Gasteiger partial charge in [-0.2, -0.15) is 4.98 Å². The minimum absolute atomic E-state index is 0.0857. The van der Waals surface area contributed by atoms with E-state index in [-0.39, 0.29) is 17.6 Å². The molecular weight excluding hydrogens is 356 g/mol. The standard InChI is InChI=1S/C20H22N6O2/c1-13-10-14(2)26-20(22-13)23-18(24-26)19(28)21-9-5-8-17(27)25-11-15-6-3-4-7-16(15)12-25/h3-4,6-7,10H,5,8-9,11-12H2,1-2H3,(H,21,28). The zero-order chi connectivity index (χ0) is 19.7. The fourth-order valence-corrected chi connectivity index (χ4v) is 3.45. The van der Waals surface area contributed by atoms with Crippen LogP contribution in [0.4, 0.5) is 0 Å². The molecule has 2 amide bonds. The molecule has 8 nitrogen and oxygen atoms in total. The maximum atomic E-state index is 12.4. The number of amides is 2. The highest BCUT2D eigenvalue weighted by atomic mass is 16.2. The van der Waals surface area contributed by atoms with Crippen molar-refractivity contribution in [1.82, 2.24) is 29.8 Å². The van der Waals surface area contributed by atoms with Crippen molar-refractivity contribution in [2.75, 3.05) is 6.54 Å². The van der Waals surface area contributed by atoms with Crippen molar-refractivity contribution in [2.24, 2.45) is 0 Å². The minimum Gasteiger partial charge on any atom is -0.349 e. The predicted octanol–water partition coefficient (Wildman–Crippen LogP) is 1.79. The Morgan fingerprint density at radius 2 is 1.82 bits per heavy atom. The van der Waals surface area contributed by atoms with Crippen LogP contribution in [-0.4, -0.2) is 42.8 Å². The first-order chi connectivity index (χ1) is 13.5. The summed E-state index contributed by atoms with van der Waals surface area (Å²) in [6.45, 7) is 5.49. The zero-order valence-electron chi connectivity index (χ0n) is 16.0. The van der Waals surface area contributed by atoms with Crippen LogP contribution in [0, 0.1) is 13.8 Å². The van der Waals surface area contributed by atoms with Gasteiger partial charge in [-0.3, -0.25) is 9.59 Å². The van der Waals surface area contributed by atoms with E-state index in [0.29, 0.717) is 38.3 Å². The van der Waals surface area contributed by atoms with Gasteiger partial charge in [-0.05, 0) is 37.5 Å². The molecule has 0 saturated carbocycles. The molecule has 0 aliphatic carbocycles. The predicted molar refractivity (Wildman–Crippen MR) is 103 cm³/mol. The average Bonchev–Trinajstić information content (AvgIpc) is 3.29. The number of aromatic nitrogens is 4. The molecule has 1 N–H and O–H groups in total. The highest BCUT2D eigenvalue weighted by molar-refractivity contribution is 5.90. The van der Waals surface area contributed by atoms with Gasteiger partial charge in [0.2, 0.25) is 11.7 Å². The van der Waals surface area contributed by atoms with Gasteiger partial charge in [0.15, 0.2) is 0 Å². The maximum Gasteiger partial charge on any atom is 0.291 e. The van der Waals surface area contributed by atoms with Crippen molar-refractivity contribution >= 4 is 17.6 Å². The van der Waals surface area contributed by atoms with E-state index in [1.54, 1.807) is 4.52 Å². The fraction of sp³-hybridized carbons (Fsp3) is 0.350. The summed E-state index contributed by atoms with van der Waals surface area (Å²) in [5.74, 6) is 0.240. The molecule has 0 bridgehead atoms. The van der Waals surface area contributed by atoms with Crippen molar-refractivity contribution in [3.05, 3.63) is 58.7 Å². The van der Waals surface area contributed by atoms with Gasteiger partial charge in [0.1, 0.15) is 0 Å². The summed E-state index contributed by atoms with van der Waals surface area (Å²) >= 11 is 0. The molecule has 0 radical (unpaired) electrons. The van der Waals surface area contributed by atoms with Gasteiger partial charge >= 0.3 is 0 Å². The van der Waals surface area contributed by atoms with E-state index < -0.39 is 0 Å².